The predicted molar refractivity (Wildman–Crippen MR) is 90.0 cm³/mol. The summed E-state index contributed by atoms with van der Waals surface area (Å²) in [6.45, 7) is 1.43. The van der Waals surface area contributed by atoms with Gasteiger partial charge in [0.15, 0.2) is 0 Å². The molecule has 23 heavy (non-hydrogen) atoms. The minimum Gasteiger partial charge on any atom is -0.497 e. The van der Waals surface area contributed by atoms with Gasteiger partial charge >= 0.3 is 0 Å². The number of rotatable bonds is 3. The summed E-state index contributed by atoms with van der Waals surface area (Å²) in [5, 5.41) is 0. The Balaban J connectivity index is 1.84. The maximum Gasteiger partial charge on any atom is 0.133 e. The van der Waals surface area contributed by atoms with Crippen molar-refractivity contribution in [3.05, 3.63) is 65.2 Å². The second kappa shape index (κ2) is 6.09. The summed E-state index contributed by atoms with van der Waals surface area (Å²) in [4.78, 5) is 0. The van der Waals surface area contributed by atoms with Crippen molar-refractivity contribution in [2.24, 2.45) is 0 Å². The molecule has 3 nitrogen and oxygen atoms in total. The minimum absolute atomic E-state index is 0.119. The zero-order valence-corrected chi connectivity index (χ0v) is 13.2. The van der Waals surface area contributed by atoms with Crippen LogP contribution in [0.3, 0.4) is 0 Å². The van der Waals surface area contributed by atoms with Crippen molar-refractivity contribution in [1.29, 1.82) is 0 Å². The molecule has 1 atom stereocenters. The molecule has 4 rings (SSSR count). The van der Waals surface area contributed by atoms with E-state index >= 15 is 0 Å². The molecule has 2 aromatic carbocycles. The van der Waals surface area contributed by atoms with Crippen LogP contribution in [-0.2, 0) is 16.1 Å². The maximum atomic E-state index is 6.15. The van der Waals surface area contributed by atoms with E-state index in [4.69, 9.17) is 14.2 Å². The van der Waals surface area contributed by atoms with E-state index in [9.17, 15) is 0 Å². The van der Waals surface area contributed by atoms with Crippen molar-refractivity contribution in [2.75, 3.05) is 13.7 Å². The van der Waals surface area contributed by atoms with Crippen LogP contribution < -0.4 is 4.74 Å². The van der Waals surface area contributed by atoms with Gasteiger partial charge in [0.05, 0.1) is 13.2 Å². The van der Waals surface area contributed by atoms with Crippen LogP contribution in [0.5, 0.6) is 5.75 Å². The fourth-order valence-corrected chi connectivity index (χ4v) is 3.37. The highest BCUT2D eigenvalue weighted by atomic mass is 16.5. The van der Waals surface area contributed by atoms with Gasteiger partial charge in [0.2, 0.25) is 0 Å². The quantitative estimate of drug-likeness (QED) is 0.847. The first-order chi connectivity index (χ1) is 11.4. The second-order valence-corrected chi connectivity index (χ2v) is 5.92. The van der Waals surface area contributed by atoms with Crippen LogP contribution in [0.1, 0.15) is 29.5 Å². The maximum absolute atomic E-state index is 6.15. The van der Waals surface area contributed by atoms with Gasteiger partial charge in [-0.2, -0.15) is 0 Å². The number of ether oxygens (including phenoxy) is 3. The standard InChI is InChI=1S/C20H20O3/c1-21-16-10-8-14(9-11-16)20-19(18-7-4-12-22-18)17-6-3-2-5-15(17)13-23-20/h2-3,5-6,8-11,18H,4,7,12-13H2,1H3. The van der Waals surface area contributed by atoms with Gasteiger partial charge in [-0.15, -0.1) is 0 Å². The van der Waals surface area contributed by atoms with Gasteiger partial charge in [-0.1, -0.05) is 24.3 Å². The number of methoxy groups -OCH3 is 1. The molecule has 2 aromatic rings. The van der Waals surface area contributed by atoms with Gasteiger partial charge in [0, 0.05) is 17.7 Å². The van der Waals surface area contributed by atoms with Crippen molar-refractivity contribution in [2.45, 2.75) is 25.6 Å². The molecular weight excluding hydrogens is 288 g/mol. The normalized spacial score (nSPS) is 20.1. The van der Waals surface area contributed by atoms with E-state index in [1.165, 1.54) is 16.7 Å². The first-order valence-corrected chi connectivity index (χ1v) is 8.08. The summed E-state index contributed by atoms with van der Waals surface area (Å²) in [7, 11) is 1.68. The average Bonchev–Trinajstić information content (AvgIpc) is 3.15. The van der Waals surface area contributed by atoms with E-state index in [-0.39, 0.29) is 6.10 Å². The first kappa shape index (κ1) is 14.3. The summed E-state index contributed by atoms with van der Waals surface area (Å²) >= 11 is 0. The lowest BCUT2D eigenvalue weighted by atomic mass is 9.90. The fourth-order valence-electron chi connectivity index (χ4n) is 3.37. The van der Waals surface area contributed by atoms with E-state index in [0.717, 1.165) is 36.5 Å². The van der Waals surface area contributed by atoms with E-state index in [1.807, 2.05) is 12.1 Å². The van der Waals surface area contributed by atoms with Crippen molar-refractivity contribution >= 4 is 11.3 Å². The number of hydrogen-bond acceptors (Lipinski definition) is 3. The Hall–Kier alpha value is -2.26. The van der Waals surface area contributed by atoms with Gasteiger partial charge in [-0.05, 0) is 48.2 Å². The summed E-state index contributed by atoms with van der Waals surface area (Å²) < 4.78 is 17.4. The molecule has 0 aliphatic carbocycles. The SMILES string of the molecule is COc1ccc(C2=C(C3CCCO3)c3ccccc3CO2)cc1. The Morgan fingerprint density at radius 1 is 1.04 bits per heavy atom. The lowest BCUT2D eigenvalue weighted by Crippen LogP contribution is -2.17. The number of hydrogen-bond donors (Lipinski definition) is 0. The highest BCUT2D eigenvalue weighted by molar-refractivity contribution is 5.92. The topological polar surface area (TPSA) is 27.7 Å². The molecule has 0 N–H and O–H groups in total. The smallest absolute Gasteiger partial charge is 0.133 e. The van der Waals surface area contributed by atoms with Crippen LogP contribution in [0.2, 0.25) is 0 Å². The molecule has 1 saturated heterocycles. The fraction of sp³-hybridized carbons (Fsp3) is 0.300. The zero-order chi connectivity index (χ0) is 15.6. The average molecular weight is 308 g/mol. The monoisotopic (exact) mass is 308 g/mol. The Morgan fingerprint density at radius 3 is 2.61 bits per heavy atom. The Bertz CT molecular complexity index is 725. The van der Waals surface area contributed by atoms with Crippen LogP contribution in [0, 0.1) is 0 Å². The lowest BCUT2D eigenvalue weighted by molar-refractivity contribution is 0.148. The van der Waals surface area contributed by atoms with E-state index in [0.29, 0.717) is 6.61 Å². The summed E-state index contributed by atoms with van der Waals surface area (Å²) in [5.74, 6) is 1.79. The zero-order valence-electron chi connectivity index (χ0n) is 13.2. The van der Waals surface area contributed by atoms with E-state index in [2.05, 4.69) is 36.4 Å². The van der Waals surface area contributed by atoms with Crippen molar-refractivity contribution in [1.82, 2.24) is 0 Å². The third-order valence-corrected chi connectivity index (χ3v) is 4.53. The summed E-state index contributed by atoms with van der Waals surface area (Å²) in [5.41, 5.74) is 4.76. The third-order valence-electron chi connectivity index (χ3n) is 4.53. The Morgan fingerprint density at radius 2 is 1.87 bits per heavy atom. The molecule has 1 fully saturated rings. The second-order valence-electron chi connectivity index (χ2n) is 5.92. The van der Waals surface area contributed by atoms with Crippen LogP contribution >= 0.6 is 0 Å². The molecule has 0 bridgehead atoms. The van der Waals surface area contributed by atoms with Crippen LogP contribution in [0.15, 0.2) is 48.5 Å². The van der Waals surface area contributed by atoms with Crippen LogP contribution in [0.4, 0.5) is 0 Å². The molecule has 2 aliphatic heterocycles. The molecule has 2 heterocycles. The molecular formula is C20H20O3. The summed E-state index contributed by atoms with van der Waals surface area (Å²) in [6.07, 6.45) is 2.27. The molecule has 0 saturated carbocycles. The van der Waals surface area contributed by atoms with Crippen LogP contribution in [0.25, 0.3) is 11.3 Å². The van der Waals surface area contributed by atoms with Crippen molar-refractivity contribution in [3.8, 4) is 5.75 Å². The van der Waals surface area contributed by atoms with E-state index < -0.39 is 0 Å². The van der Waals surface area contributed by atoms with Gasteiger partial charge in [0.1, 0.15) is 18.1 Å². The Labute approximate surface area is 136 Å². The lowest BCUT2D eigenvalue weighted by Gasteiger charge is -2.27. The number of fused-ring (bicyclic) bond motifs is 1. The summed E-state index contributed by atoms with van der Waals surface area (Å²) in [6, 6.07) is 16.5. The van der Waals surface area contributed by atoms with Gasteiger partial charge in [-0.25, -0.2) is 0 Å². The molecule has 0 radical (unpaired) electrons. The van der Waals surface area contributed by atoms with Gasteiger partial charge < -0.3 is 14.2 Å². The Kier molecular flexibility index (Phi) is 3.80. The molecule has 0 spiro atoms. The van der Waals surface area contributed by atoms with Crippen molar-refractivity contribution in [3.63, 3.8) is 0 Å². The molecule has 3 heteroatoms. The van der Waals surface area contributed by atoms with Crippen LogP contribution in [-0.4, -0.2) is 19.8 Å². The number of benzene rings is 2. The highest BCUT2D eigenvalue weighted by Crippen LogP contribution is 2.40. The molecule has 2 aliphatic rings. The molecule has 1 unspecified atom stereocenters. The van der Waals surface area contributed by atoms with Gasteiger partial charge in [-0.3, -0.25) is 0 Å². The van der Waals surface area contributed by atoms with E-state index in [1.54, 1.807) is 7.11 Å². The predicted octanol–water partition coefficient (Wildman–Crippen LogP) is 4.27. The minimum atomic E-state index is 0.119. The van der Waals surface area contributed by atoms with Gasteiger partial charge in [0.25, 0.3) is 0 Å². The largest absolute Gasteiger partial charge is 0.497 e. The molecule has 0 amide bonds. The first-order valence-electron chi connectivity index (χ1n) is 8.08. The molecule has 0 aromatic heterocycles. The molecule has 118 valence electrons. The van der Waals surface area contributed by atoms with Crippen molar-refractivity contribution < 1.29 is 14.2 Å². The third kappa shape index (κ3) is 2.62. The highest BCUT2D eigenvalue weighted by Gasteiger charge is 2.30.